The molecule has 0 radical (unpaired) electrons. The average molecular weight is 319 g/mol. The SMILES string of the molecule is CC1CN1c1cn2c3c([n+]([O-])cc2n1)C(c1ccccc1)=CCN3. The molecular formula is C18H17N5O. The van der Waals surface area contributed by atoms with Crippen molar-refractivity contribution in [3.63, 3.8) is 0 Å². The van der Waals surface area contributed by atoms with Gasteiger partial charge in [-0.25, -0.2) is 4.98 Å². The first-order valence-electron chi connectivity index (χ1n) is 8.14. The van der Waals surface area contributed by atoms with Crippen molar-refractivity contribution in [2.75, 3.05) is 23.3 Å². The second kappa shape index (κ2) is 4.74. The molecule has 120 valence electrons. The Morgan fingerprint density at radius 3 is 2.83 bits per heavy atom. The number of benzene rings is 1. The lowest BCUT2D eigenvalue weighted by atomic mass is 10.00. The summed E-state index contributed by atoms with van der Waals surface area (Å²) in [6, 6.07) is 10.5. The Balaban J connectivity index is 1.71. The molecule has 4 heterocycles. The van der Waals surface area contributed by atoms with E-state index in [1.807, 2.05) is 40.9 Å². The van der Waals surface area contributed by atoms with Crippen LogP contribution in [-0.4, -0.2) is 28.5 Å². The first-order chi connectivity index (χ1) is 11.7. The van der Waals surface area contributed by atoms with Crippen LogP contribution in [0.25, 0.3) is 11.2 Å². The van der Waals surface area contributed by atoms with Gasteiger partial charge in [0, 0.05) is 19.1 Å². The van der Waals surface area contributed by atoms with Crippen LogP contribution in [0, 0.1) is 5.21 Å². The van der Waals surface area contributed by atoms with Gasteiger partial charge in [0.15, 0.2) is 5.82 Å². The molecule has 3 aromatic rings. The zero-order valence-corrected chi connectivity index (χ0v) is 13.3. The van der Waals surface area contributed by atoms with E-state index in [2.05, 4.69) is 28.2 Å². The number of hydrogen-bond acceptors (Lipinski definition) is 4. The van der Waals surface area contributed by atoms with Crippen LogP contribution in [0.15, 0.2) is 48.8 Å². The number of imidazole rings is 1. The molecule has 1 atom stereocenters. The number of nitrogens with one attached hydrogen (secondary N) is 1. The van der Waals surface area contributed by atoms with Gasteiger partial charge in [-0.15, -0.1) is 0 Å². The van der Waals surface area contributed by atoms with Crippen LogP contribution >= 0.6 is 0 Å². The van der Waals surface area contributed by atoms with Crippen LogP contribution < -0.4 is 14.9 Å². The molecule has 0 amide bonds. The van der Waals surface area contributed by atoms with Gasteiger partial charge < -0.3 is 15.4 Å². The van der Waals surface area contributed by atoms with Crippen molar-refractivity contribution < 1.29 is 4.73 Å². The average Bonchev–Trinajstić information content (AvgIpc) is 3.18. The summed E-state index contributed by atoms with van der Waals surface area (Å²) in [4.78, 5) is 6.81. The van der Waals surface area contributed by atoms with Gasteiger partial charge in [0.2, 0.25) is 11.8 Å². The number of hydrogen-bond donors (Lipinski definition) is 1. The zero-order chi connectivity index (χ0) is 16.3. The first kappa shape index (κ1) is 13.4. The number of nitrogens with zero attached hydrogens (tertiary/aromatic N) is 4. The quantitative estimate of drug-likeness (QED) is 0.446. The number of anilines is 2. The van der Waals surface area contributed by atoms with Crippen molar-refractivity contribution in [1.29, 1.82) is 0 Å². The van der Waals surface area contributed by atoms with Crippen LogP contribution in [0.3, 0.4) is 0 Å². The predicted octanol–water partition coefficient (Wildman–Crippen LogP) is 2.03. The summed E-state index contributed by atoms with van der Waals surface area (Å²) in [7, 11) is 0. The summed E-state index contributed by atoms with van der Waals surface area (Å²) in [5, 5.41) is 16.0. The van der Waals surface area contributed by atoms with Gasteiger partial charge in [0.25, 0.3) is 5.69 Å². The third-order valence-electron chi connectivity index (χ3n) is 4.71. The highest BCUT2D eigenvalue weighted by atomic mass is 16.5. The maximum absolute atomic E-state index is 12.7. The van der Waals surface area contributed by atoms with Gasteiger partial charge in [-0.1, -0.05) is 36.4 Å². The number of aromatic nitrogens is 3. The summed E-state index contributed by atoms with van der Waals surface area (Å²) in [5.74, 6) is 1.73. The molecule has 0 bridgehead atoms. The van der Waals surface area contributed by atoms with Crippen LogP contribution in [-0.2, 0) is 0 Å². The molecule has 0 saturated carbocycles. The minimum Gasteiger partial charge on any atom is -0.618 e. The van der Waals surface area contributed by atoms with Crippen LogP contribution in [0.1, 0.15) is 18.2 Å². The standard InChI is InChI=1S/C18H17N5O/c1-12-9-21(12)15-10-22-16(20-15)11-23(24)17-14(7-8-19-18(17)22)13-5-3-2-4-6-13/h2-7,10-12,19H,8-9H2,1H3. The summed E-state index contributed by atoms with van der Waals surface area (Å²) < 4.78 is 2.91. The Labute approximate surface area is 139 Å². The van der Waals surface area contributed by atoms with Crippen molar-refractivity contribution in [2.45, 2.75) is 13.0 Å². The lowest BCUT2D eigenvalue weighted by Gasteiger charge is -2.19. The molecule has 1 N–H and O–H groups in total. The minimum absolute atomic E-state index is 0.526. The first-order valence-corrected chi connectivity index (χ1v) is 8.14. The smallest absolute Gasteiger partial charge is 0.265 e. The van der Waals surface area contributed by atoms with Gasteiger partial charge in [-0.05, 0) is 12.5 Å². The fourth-order valence-corrected chi connectivity index (χ4v) is 3.37. The fraction of sp³-hybridized carbons (Fsp3) is 0.222. The van der Waals surface area contributed by atoms with Gasteiger partial charge in [-0.3, -0.25) is 4.40 Å². The summed E-state index contributed by atoms with van der Waals surface area (Å²) >= 11 is 0. The molecule has 1 saturated heterocycles. The molecule has 2 aliphatic rings. The van der Waals surface area contributed by atoms with E-state index in [1.54, 1.807) is 6.20 Å². The molecule has 2 aromatic heterocycles. The van der Waals surface area contributed by atoms with Gasteiger partial charge in [-0.2, -0.15) is 4.73 Å². The molecule has 0 spiro atoms. The Kier molecular flexibility index (Phi) is 2.65. The molecule has 6 heteroatoms. The van der Waals surface area contributed by atoms with E-state index in [4.69, 9.17) is 0 Å². The van der Waals surface area contributed by atoms with Crippen LogP contribution in [0.2, 0.25) is 0 Å². The van der Waals surface area contributed by atoms with E-state index in [0.29, 0.717) is 23.9 Å². The zero-order valence-electron chi connectivity index (χ0n) is 13.3. The lowest BCUT2D eigenvalue weighted by Crippen LogP contribution is -2.35. The molecule has 6 nitrogen and oxygen atoms in total. The van der Waals surface area contributed by atoms with E-state index >= 15 is 0 Å². The van der Waals surface area contributed by atoms with E-state index in [9.17, 15) is 5.21 Å². The summed E-state index contributed by atoms with van der Waals surface area (Å²) in [5.41, 5.74) is 3.31. The Hall–Kier alpha value is -3.02. The monoisotopic (exact) mass is 319 g/mol. The Morgan fingerprint density at radius 1 is 1.29 bits per heavy atom. The van der Waals surface area contributed by atoms with E-state index in [1.165, 1.54) is 0 Å². The number of fused-ring (bicyclic) bond motifs is 3. The molecule has 1 unspecified atom stereocenters. The third kappa shape index (κ3) is 1.89. The molecule has 0 aliphatic carbocycles. The second-order valence-corrected chi connectivity index (χ2v) is 6.35. The maximum Gasteiger partial charge on any atom is 0.265 e. The van der Waals surface area contributed by atoms with Crippen molar-refractivity contribution in [2.24, 2.45) is 0 Å². The van der Waals surface area contributed by atoms with Gasteiger partial charge in [0.1, 0.15) is 5.82 Å². The fourth-order valence-electron chi connectivity index (χ4n) is 3.37. The molecule has 1 fully saturated rings. The molecule has 24 heavy (non-hydrogen) atoms. The Morgan fingerprint density at radius 2 is 2.08 bits per heavy atom. The molecule has 2 aliphatic heterocycles. The normalized spacial score (nSPS) is 19.0. The lowest BCUT2D eigenvalue weighted by molar-refractivity contribution is -0.606. The minimum atomic E-state index is 0.526. The summed E-state index contributed by atoms with van der Waals surface area (Å²) in [6.07, 6.45) is 5.63. The maximum atomic E-state index is 12.7. The van der Waals surface area contributed by atoms with Crippen LogP contribution in [0.5, 0.6) is 0 Å². The van der Waals surface area contributed by atoms with Crippen molar-refractivity contribution in [3.8, 4) is 0 Å². The van der Waals surface area contributed by atoms with Gasteiger partial charge in [0.05, 0.1) is 11.8 Å². The molecular weight excluding hydrogens is 302 g/mol. The van der Waals surface area contributed by atoms with Crippen LogP contribution in [0.4, 0.5) is 11.6 Å². The highest BCUT2D eigenvalue weighted by Gasteiger charge is 2.33. The van der Waals surface area contributed by atoms with E-state index in [-0.39, 0.29) is 0 Å². The van der Waals surface area contributed by atoms with Gasteiger partial charge >= 0.3 is 0 Å². The highest BCUT2D eigenvalue weighted by molar-refractivity contribution is 5.84. The van der Waals surface area contributed by atoms with Crippen molar-refractivity contribution in [3.05, 3.63) is 65.3 Å². The predicted molar refractivity (Wildman–Crippen MR) is 93.0 cm³/mol. The number of rotatable bonds is 2. The summed E-state index contributed by atoms with van der Waals surface area (Å²) in [6.45, 7) is 3.87. The largest absolute Gasteiger partial charge is 0.618 e. The van der Waals surface area contributed by atoms with E-state index < -0.39 is 0 Å². The van der Waals surface area contributed by atoms with Crippen molar-refractivity contribution in [1.82, 2.24) is 9.38 Å². The molecule has 1 aromatic carbocycles. The second-order valence-electron chi connectivity index (χ2n) is 6.35. The Bertz CT molecular complexity index is 976. The third-order valence-corrected chi connectivity index (χ3v) is 4.71. The topological polar surface area (TPSA) is 59.3 Å². The molecule has 5 rings (SSSR count). The van der Waals surface area contributed by atoms with E-state index in [0.717, 1.165) is 34.0 Å². The van der Waals surface area contributed by atoms with Crippen molar-refractivity contribution >= 4 is 22.9 Å². The highest BCUT2D eigenvalue weighted by Crippen LogP contribution is 2.33.